The third-order valence-corrected chi connectivity index (χ3v) is 5.64. The molecule has 0 spiro atoms. The highest BCUT2D eigenvalue weighted by molar-refractivity contribution is 9.10. The van der Waals surface area contributed by atoms with Gasteiger partial charge < -0.3 is 4.57 Å². The molecule has 0 fully saturated rings. The van der Waals surface area contributed by atoms with Gasteiger partial charge >= 0.3 is 5.69 Å². The minimum absolute atomic E-state index is 0.295. The molecule has 142 valence electrons. The van der Waals surface area contributed by atoms with Crippen molar-refractivity contribution in [2.24, 2.45) is 14.1 Å². The molecule has 0 saturated carbocycles. The Morgan fingerprint density at radius 2 is 1.68 bits per heavy atom. The Hall–Kier alpha value is -2.86. The van der Waals surface area contributed by atoms with E-state index in [0.717, 1.165) is 31.5 Å². The van der Waals surface area contributed by atoms with E-state index in [1.165, 1.54) is 17.2 Å². The second-order valence-electron chi connectivity index (χ2n) is 7.11. The predicted molar refractivity (Wildman–Crippen MR) is 116 cm³/mol. The van der Waals surface area contributed by atoms with Gasteiger partial charge in [0.25, 0.3) is 5.56 Å². The summed E-state index contributed by atoms with van der Waals surface area (Å²) < 4.78 is 5.63. The third kappa shape index (κ3) is 2.76. The number of hydrogen-bond donors (Lipinski definition) is 0. The number of fused-ring (bicyclic) bond motifs is 1. The van der Waals surface area contributed by atoms with Crippen LogP contribution < -0.4 is 11.2 Å². The molecule has 5 nitrogen and oxygen atoms in total. The van der Waals surface area contributed by atoms with Gasteiger partial charge in [0.15, 0.2) is 0 Å². The summed E-state index contributed by atoms with van der Waals surface area (Å²) >= 11 is 3.53. The van der Waals surface area contributed by atoms with Gasteiger partial charge in [0.1, 0.15) is 0 Å². The molecule has 0 amide bonds. The van der Waals surface area contributed by atoms with Crippen LogP contribution in [-0.2, 0) is 14.1 Å². The fourth-order valence-electron chi connectivity index (χ4n) is 3.73. The normalized spacial score (nSPS) is 11.3. The SMILES string of the molecule is Cc1ccc(-n2cc3c(c2-c2cccc(Br)c2)c(=O)n(C)c(=O)n3C)c(C)c1. The molecule has 0 unspecified atom stereocenters. The lowest BCUT2D eigenvalue weighted by Gasteiger charge is -2.13. The molecule has 0 aliphatic rings. The number of halogens is 1. The highest BCUT2D eigenvalue weighted by atomic mass is 79.9. The van der Waals surface area contributed by atoms with Crippen LogP contribution in [0.25, 0.3) is 27.8 Å². The van der Waals surface area contributed by atoms with E-state index in [1.807, 2.05) is 41.1 Å². The summed E-state index contributed by atoms with van der Waals surface area (Å²) in [5.74, 6) is 0. The highest BCUT2D eigenvalue weighted by Gasteiger charge is 2.21. The molecule has 0 atom stereocenters. The lowest BCUT2D eigenvalue weighted by molar-refractivity contribution is 0.714. The maximum Gasteiger partial charge on any atom is 0.330 e. The number of aryl methyl sites for hydroxylation is 3. The lowest BCUT2D eigenvalue weighted by Crippen LogP contribution is -2.36. The van der Waals surface area contributed by atoms with E-state index in [4.69, 9.17) is 0 Å². The maximum absolute atomic E-state index is 13.1. The Morgan fingerprint density at radius 3 is 2.36 bits per heavy atom. The van der Waals surface area contributed by atoms with Gasteiger partial charge in [0, 0.05) is 36.0 Å². The van der Waals surface area contributed by atoms with E-state index in [1.54, 1.807) is 7.05 Å². The zero-order valence-corrected chi connectivity index (χ0v) is 17.7. The van der Waals surface area contributed by atoms with Crippen molar-refractivity contribution < 1.29 is 0 Å². The summed E-state index contributed by atoms with van der Waals surface area (Å²) in [7, 11) is 3.21. The van der Waals surface area contributed by atoms with Gasteiger partial charge in [-0.25, -0.2) is 4.79 Å². The maximum atomic E-state index is 13.1. The van der Waals surface area contributed by atoms with Crippen LogP contribution >= 0.6 is 15.9 Å². The first-order valence-electron chi connectivity index (χ1n) is 8.94. The van der Waals surface area contributed by atoms with Crippen LogP contribution in [-0.4, -0.2) is 13.7 Å². The molecule has 0 saturated heterocycles. The average Bonchev–Trinajstić information content (AvgIpc) is 3.05. The van der Waals surface area contributed by atoms with Gasteiger partial charge in [-0.3, -0.25) is 13.9 Å². The standard InChI is InChI=1S/C22H20BrN3O2/c1-13-8-9-17(14(2)10-13)26-12-18-19(21(27)25(4)22(28)24(18)3)20(26)15-6-5-7-16(23)11-15/h5-12H,1-4H3. The quantitative estimate of drug-likeness (QED) is 0.474. The molecule has 4 aromatic rings. The molecule has 0 aliphatic heterocycles. The van der Waals surface area contributed by atoms with Gasteiger partial charge in [-0.2, -0.15) is 0 Å². The van der Waals surface area contributed by atoms with Gasteiger partial charge in [-0.05, 0) is 37.6 Å². The molecule has 2 heterocycles. The van der Waals surface area contributed by atoms with E-state index in [9.17, 15) is 9.59 Å². The summed E-state index contributed by atoms with van der Waals surface area (Å²) in [5.41, 5.74) is 4.91. The van der Waals surface area contributed by atoms with Crippen LogP contribution in [0.1, 0.15) is 11.1 Å². The molecule has 0 bridgehead atoms. The molecular weight excluding hydrogens is 418 g/mol. The van der Waals surface area contributed by atoms with E-state index < -0.39 is 0 Å². The fourth-order valence-corrected chi connectivity index (χ4v) is 4.13. The third-order valence-electron chi connectivity index (χ3n) is 5.15. The Balaban J connectivity index is 2.23. The molecule has 0 aliphatic carbocycles. The van der Waals surface area contributed by atoms with Crippen LogP contribution in [0.15, 0.2) is 62.7 Å². The van der Waals surface area contributed by atoms with Crippen molar-refractivity contribution in [3.05, 3.63) is 85.1 Å². The predicted octanol–water partition coefficient (Wildman–Crippen LogP) is 4.07. The molecule has 28 heavy (non-hydrogen) atoms. The molecule has 2 aromatic carbocycles. The minimum atomic E-state index is -0.337. The van der Waals surface area contributed by atoms with Crippen molar-refractivity contribution in [3.63, 3.8) is 0 Å². The van der Waals surface area contributed by atoms with Gasteiger partial charge in [-0.15, -0.1) is 0 Å². The lowest BCUT2D eigenvalue weighted by atomic mass is 10.1. The number of benzene rings is 2. The molecular formula is C22H20BrN3O2. The largest absolute Gasteiger partial charge is 0.330 e. The number of rotatable bonds is 2. The number of nitrogens with zero attached hydrogens (tertiary/aromatic N) is 3. The van der Waals surface area contributed by atoms with Gasteiger partial charge in [0.2, 0.25) is 0 Å². The summed E-state index contributed by atoms with van der Waals surface area (Å²) in [6.45, 7) is 4.10. The molecule has 0 radical (unpaired) electrons. The first kappa shape index (κ1) is 18.5. The van der Waals surface area contributed by atoms with E-state index in [0.29, 0.717) is 10.9 Å². The summed E-state index contributed by atoms with van der Waals surface area (Å²) in [5, 5.41) is 0.530. The summed E-state index contributed by atoms with van der Waals surface area (Å²) in [6.07, 6.45) is 1.88. The highest BCUT2D eigenvalue weighted by Crippen LogP contribution is 2.33. The van der Waals surface area contributed by atoms with Crippen LogP contribution in [0.4, 0.5) is 0 Å². The second kappa shape index (κ2) is 6.63. The monoisotopic (exact) mass is 437 g/mol. The molecule has 6 heteroatoms. The Bertz CT molecular complexity index is 1360. The van der Waals surface area contributed by atoms with Crippen molar-refractivity contribution in [2.75, 3.05) is 0 Å². The molecule has 0 N–H and O–H groups in total. The van der Waals surface area contributed by atoms with E-state index >= 15 is 0 Å². The average molecular weight is 438 g/mol. The number of aromatic nitrogens is 3. The van der Waals surface area contributed by atoms with Crippen molar-refractivity contribution in [1.29, 1.82) is 0 Å². The van der Waals surface area contributed by atoms with E-state index in [-0.39, 0.29) is 11.2 Å². The topological polar surface area (TPSA) is 48.9 Å². The first-order valence-corrected chi connectivity index (χ1v) is 9.73. The van der Waals surface area contributed by atoms with Crippen molar-refractivity contribution in [3.8, 4) is 16.9 Å². The van der Waals surface area contributed by atoms with Crippen LogP contribution in [0.2, 0.25) is 0 Å². The van der Waals surface area contributed by atoms with Crippen molar-refractivity contribution >= 4 is 26.8 Å². The summed E-state index contributed by atoms with van der Waals surface area (Å²) in [6, 6.07) is 14.1. The smallest absolute Gasteiger partial charge is 0.313 e. The van der Waals surface area contributed by atoms with Crippen LogP contribution in [0.3, 0.4) is 0 Å². The Morgan fingerprint density at radius 1 is 0.929 bits per heavy atom. The van der Waals surface area contributed by atoms with Gasteiger partial charge in [0.05, 0.1) is 16.6 Å². The zero-order valence-electron chi connectivity index (χ0n) is 16.2. The second-order valence-corrected chi connectivity index (χ2v) is 8.03. The molecule has 2 aromatic heterocycles. The fraction of sp³-hybridized carbons (Fsp3) is 0.182. The van der Waals surface area contributed by atoms with Crippen LogP contribution in [0, 0.1) is 13.8 Å². The Labute approximate surface area is 170 Å². The first-order chi connectivity index (χ1) is 13.3. The van der Waals surface area contributed by atoms with Gasteiger partial charge in [-0.1, -0.05) is 45.8 Å². The van der Waals surface area contributed by atoms with Crippen molar-refractivity contribution in [2.45, 2.75) is 13.8 Å². The Kier molecular flexibility index (Phi) is 4.38. The number of hydrogen-bond acceptors (Lipinski definition) is 2. The minimum Gasteiger partial charge on any atom is -0.313 e. The molecule has 4 rings (SSSR count). The zero-order chi connectivity index (χ0) is 20.2. The van der Waals surface area contributed by atoms with E-state index in [2.05, 4.69) is 41.9 Å². The van der Waals surface area contributed by atoms with Crippen LogP contribution in [0.5, 0.6) is 0 Å². The van der Waals surface area contributed by atoms with Crippen molar-refractivity contribution in [1.82, 2.24) is 13.7 Å². The summed E-state index contributed by atoms with van der Waals surface area (Å²) in [4.78, 5) is 25.6.